The number of fused-ring (bicyclic) bond motifs is 1. The number of halogens is 1. The summed E-state index contributed by atoms with van der Waals surface area (Å²) in [5, 5.41) is 20.0. The second kappa shape index (κ2) is 10.2. The summed E-state index contributed by atoms with van der Waals surface area (Å²) in [4.78, 5) is 14.2. The van der Waals surface area contributed by atoms with Crippen molar-refractivity contribution in [2.24, 2.45) is 0 Å². The summed E-state index contributed by atoms with van der Waals surface area (Å²) in [6, 6.07) is 4.95. The Hall–Kier alpha value is -1.78. The molecule has 1 aromatic rings. The molecule has 0 spiro atoms. The van der Waals surface area contributed by atoms with E-state index in [9.17, 15) is 14.4 Å². The molecule has 1 atom stereocenters. The number of ether oxygens (including phenoxy) is 2. The quantitative estimate of drug-likeness (QED) is 0.615. The normalized spacial score (nSPS) is 26.1. The third kappa shape index (κ3) is 5.35. The van der Waals surface area contributed by atoms with Crippen LogP contribution in [0.1, 0.15) is 50.8 Å². The standard InChI is InChI=1S/C22H32FN4O4/c1-2-26(22-18-13-15(23)3-8-19(18)27(22)29)10-9-24-16-4-6-17(7-5-16)25-20(28)14-21-30-11-12-31-21/h3,8,13,16-17,21-22,24H,2,4-7,9-12,14H2,1H3,(H,25,28)/q-1. The van der Waals surface area contributed by atoms with Crippen molar-refractivity contribution in [1.82, 2.24) is 15.5 Å². The molecule has 1 amide bonds. The van der Waals surface area contributed by atoms with Crippen LogP contribution in [0.15, 0.2) is 18.2 Å². The maximum absolute atomic E-state index is 13.6. The molecule has 2 fully saturated rings. The molecule has 4 rings (SSSR count). The van der Waals surface area contributed by atoms with Crippen molar-refractivity contribution in [3.8, 4) is 0 Å². The first kappa shape index (κ1) is 22.4. The van der Waals surface area contributed by atoms with Crippen molar-refractivity contribution in [2.75, 3.05) is 37.9 Å². The lowest BCUT2D eigenvalue weighted by Crippen LogP contribution is -2.49. The van der Waals surface area contributed by atoms with Gasteiger partial charge in [0, 0.05) is 36.4 Å². The predicted molar refractivity (Wildman–Crippen MR) is 115 cm³/mol. The summed E-state index contributed by atoms with van der Waals surface area (Å²) < 4.78 is 24.2. The number of anilines is 1. The van der Waals surface area contributed by atoms with E-state index in [1.807, 2.05) is 6.92 Å². The molecule has 0 aromatic heterocycles. The molecule has 1 aliphatic carbocycles. The molecule has 1 unspecified atom stereocenters. The zero-order chi connectivity index (χ0) is 21.8. The second-order valence-corrected chi connectivity index (χ2v) is 8.48. The van der Waals surface area contributed by atoms with Gasteiger partial charge in [-0.25, -0.2) is 4.39 Å². The van der Waals surface area contributed by atoms with Crippen molar-refractivity contribution in [3.05, 3.63) is 34.8 Å². The van der Waals surface area contributed by atoms with E-state index in [0.717, 1.165) is 42.9 Å². The van der Waals surface area contributed by atoms with Gasteiger partial charge in [0.05, 0.1) is 19.6 Å². The highest BCUT2D eigenvalue weighted by atomic mass is 19.1. The molecule has 2 heterocycles. The minimum absolute atomic E-state index is 0.0127. The molecule has 0 bridgehead atoms. The van der Waals surface area contributed by atoms with Crippen LogP contribution < -0.4 is 15.7 Å². The molecule has 3 aliphatic rings. The van der Waals surface area contributed by atoms with Crippen molar-refractivity contribution < 1.29 is 18.7 Å². The van der Waals surface area contributed by atoms with Crippen LogP contribution in [-0.4, -0.2) is 62.0 Å². The molecule has 0 radical (unpaired) electrons. The highest BCUT2D eigenvalue weighted by molar-refractivity contribution is 5.76. The van der Waals surface area contributed by atoms with Crippen LogP contribution in [0.25, 0.3) is 0 Å². The number of hydrogen-bond acceptors (Lipinski definition) is 7. The summed E-state index contributed by atoms with van der Waals surface area (Å²) in [7, 11) is 0. The van der Waals surface area contributed by atoms with Gasteiger partial charge in [-0.05, 0) is 50.4 Å². The first-order chi connectivity index (χ1) is 15.0. The number of carbonyl (C=O) groups excluding carboxylic acids is 1. The molecule has 31 heavy (non-hydrogen) atoms. The predicted octanol–water partition coefficient (Wildman–Crippen LogP) is 2.24. The van der Waals surface area contributed by atoms with Gasteiger partial charge in [0.1, 0.15) is 12.0 Å². The molecular weight excluding hydrogens is 403 g/mol. The largest absolute Gasteiger partial charge is 0.757 e. The van der Waals surface area contributed by atoms with Gasteiger partial charge in [-0.3, -0.25) is 9.69 Å². The Bertz CT molecular complexity index is 753. The number of benzene rings is 1. The fraction of sp³-hybridized carbons (Fsp3) is 0.682. The Morgan fingerprint density at radius 2 is 1.94 bits per heavy atom. The van der Waals surface area contributed by atoms with Gasteiger partial charge in [-0.15, -0.1) is 0 Å². The van der Waals surface area contributed by atoms with Crippen LogP contribution in [0.3, 0.4) is 0 Å². The van der Waals surface area contributed by atoms with E-state index in [-0.39, 0.29) is 24.2 Å². The van der Waals surface area contributed by atoms with E-state index in [1.165, 1.54) is 12.1 Å². The maximum Gasteiger partial charge on any atom is 0.225 e. The van der Waals surface area contributed by atoms with Crippen molar-refractivity contribution in [1.29, 1.82) is 0 Å². The van der Waals surface area contributed by atoms with Crippen LogP contribution in [-0.2, 0) is 14.3 Å². The summed E-state index contributed by atoms with van der Waals surface area (Å²) in [6.07, 6.45) is 3.33. The number of nitrogens with zero attached hydrogens (tertiary/aromatic N) is 2. The molecule has 8 nitrogen and oxygen atoms in total. The van der Waals surface area contributed by atoms with E-state index in [4.69, 9.17) is 9.47 Å². The van der Waals surface area contributed by atoms with Gasteiger partial charge in [-0.2, -0.15) is 0 Å². The van der Waals surface area contributed by atoms with Crippen LogP contribution >= 0.6 is 0 Å². The van der Waals surface area contributed by atoms with Crippen LogP contribution in [0.2, 0.25) is 0 Å². The van der Waals surface area contributed by atoms with Crippen LogP contribution in [0.4, 0.5) is 10.1 Å². The van der Waals surface area contributed by atoms with Gasteiger partial charge >= 0.3 is 0 Å². The number of amides is 1. The van der Waals surface area contributed by atoms with E-state index in [0.29, 0.717) is 38.0 Å². The lowest BCUT2D eigenvalue weighted by molar-refractivity contribution is -0.130. The fourth-order valence-corrected chi connectivity index (χ4v) is 4.74. The van der Waals surface area contributed by atoms with Gasteiger partial charge in [0.2, 0.25) is 5.91 Å². The SMILES string of the molecule is CCN(CCNC1CCC(NC(=O)CC2OCCO2)CC1)C1c2cc(F)ccc2N1[O-]. The zero-order valence-electron chi connectivity index (χ0n) is 18.0. The number of carbonyl (C=O) groups is 1. The first-order valence-corrected chi connectivity index (χ1v) is 11.3. The van der Waals surface area contributed by atoms with E-state index in [2.05, 4.69) is 15.5 Å². The van der Waals surface area contributed by atoms with Gasteiger partial charge in [-0.1, -0.05) is 6.92 Å². The van der Waals surface area contributed by atoms with Crippen molar-refractivity contribution >= 4 is 11.6 Å². The lowest BCUT2D eigenvalue weighted by atomic mass is 9.91. The Labute approximate surface area is 182 Å². The fourth-order valence-electron chi connectivity index (χ4n) is 4.74. The third-order valence-corrected chi connectivity index (χ3v) is 6.45. The molecule has 172 valence electrons. The highest BCUT2D eigenvalue weighted by Crippen LogP contribution is 2.44. The second-order valence-electron chi connectivity index (χ2n) is 8.48. The van der Waals surface area contributed by atoms with Gasteiger partial charge < -0.3 is 30.4 Å². The summed E-state index contributed by atoms with van der Waals surface area (Å²) in [5.74, 6) is -0.320. The smallest absolute Gasteiger partial charge is 0.225 e. The topological polar surface area (TPSA) is 89.1 Å². The number of likely N-dealkylation sites (N-methyl/N-ethyl adjacent to an activating group) is 1. The average Bonchev–Trinajstić information content (AvgIpc) is 3.26. The minimum atomic E-state index is -0.406. The Morgan fingerprint density at radius 3 is 2.65 bits per heavy atom. The summed E-state index contributed by atoms with van der Waals surface area (Å²) in [6.45, 7) is 5.33. The summed E-state index contributed by atoms with van der Waals surface area (Å²) >= 11 is 0. The molecule has 1 saturated heterocycles. The molecule has 2 N–H and O–H groups in total. The van der Waals surface area contributed by atoms with E-state index >= 15 is 0 Å². The Kier molecular flexibility index (Phi) is 7.39. The third-order valence-electron chi connectivity index (χ3n) is 6.45. The monoisotopic (exact) mass is 435 g/mol. The molecule has 1 saturated carbocycles. The van der Waals surface area contributed by atoms with Crippen molar-refractivity contribution in [3.63, 3.8) is 0 Å². The minimum Gasteiger partial charge on any atom is -0.757 e. The molecule has 2 aliphatic heterocycles. The van der Waals surface area contributed by atoms with Gasteiger partial charge in [0.15, 0.2) is 6.29 Å². The van der Waals surface area contributed by atoms with E-state index < -0.39 is 12.5 Å². The lowest BCUT2D eigenvalue weighted by Gasteiger charge is -2.54. The van der Waals surface area contributed by atoms with Crippen LogP contribution in [0, 0.1) is 11.0 Å². The van der Waals surface area contributed by atoms with E-state index in [1.54, 1.807) is 6.07 Å². The maximum atomic E-state index is 13.6. The van der Waals surface area contributed by atoms with Gasteiger partial charge in [0.25, 0.3) is 0 Å². The number of rotatable bonds is 9. The Morgan fingerprint density at radius 1 is 1.23 bits per heavy atom. The average molecular weight is 436 g/mol. The molecule has 1 aromatic carbocycles. The Balaban J connectivity index is 1.16. The summed E-state index contributed by atoms with van der Waals surface area (Å²) in [5.41, 5.74) is 1.32. The molecule has 9 heteroatoms. The number of hydroxylamine groups is 1. The number of hydrogen-bond donors (Lipinski definition) is 2. The highest BCUT2D eigenvalue weighted by Gasteiger charge is 2.33. The van der Waals surface area contributed by atoms with Crippen molar-refractivity contribution in [2.45, 2.75) is 63.6 Å². The van der Waals surface area contributed by atoms with Crippen LogP contribution in [0.5, 0.6) is 0 Å². The zero-order valence-corrected chi connectivity index (χ0v) is 18.0. The first-order valence-electron chi connectivity index (χ1n) is 11.3. The molecular formula is C22H32FN4O4-. The number of nitrogens with one attached hydrogen (secondary N) is 2.